The lowest BCUT2D eigenvalue weighted by Crippen LogP contribution is -1.81. The number of aryl methyl sites for hydroxylation is 1. The van der Waals surface area contributed by atoms with Crippen LogP contribution in [0.3, 0.4) is 0 Å². The molecular weight excluding hydrogens is 200 g/mol. The van der Waals surface area contributed by atoms with Crippen LogP contribution in [0.4, 0.5) is 0 Å². The minimum absolute atomic E-state index is 1.13. The molecule has 0 aliphatic carbocycles. The number of allylic oxidation sites excluding steroid dienone is 1. The second kappa shape index (κ2) is 7.70. The van der Waals surface area contributed by atoms with E-state index in [4.69, 9.17) is 0 Å². The SMILES string of the molecule is CC/C=C\c1cc(CCCCCC)cs1. The number of hydrogen-bond acceptors (Lipinski definition) is 1. The summed E-state index contributed by atoms with van der Waals surface area (Å²) < 4.78 is 0. The highest BCUT2D eigenvalue weighted by Crippen LogP contribution is 2.18. The van der Waals surface area contributed by atoms with Crippen LogP contribution in [0.15, 0.2) is 17.5 Å². The summed E-state index contributed by atoms with van der Waals surface area (Å²) in [5.74, 6) is 0. The summed E-state index contributed by atoms with van der Waals surface area (Å²) in [6.07, 6.45) is 12.3. The monoisotopic (exact) mass is 222 g/mol. The Hall–Kier alpha value is -0.560. The molecule has 0 fully saturated rings. The van der Waals surface area contributed by atoms with Crippen LogP contribution in [0.2, 0.25) is 0 Å². The third kappa shape index (κ3) is 5.17. The lowest BCUT2D eigenvalue weighted by molar-refractivity contribution is 0.667. The molecule has 0 atom stereocenters. The van der Waals surface area contributed by atoms with Crippen molar-refractivity contribution in [2.45, 2.75) is 52.4 Å². The molecule has 0 aliphatic rings. The van der Waals surface area contributed by atoms with Crippen LogP contribution in [-0.4, -0.2) is 0 Å². The summed E-state index contributed by atoms with van der Waals surface area (Å²) in [6.45, 7) is 4.44. The molecule has 1 aromatic heterocycles. The van der Waals surface area contributed by atoms with Gasteiger partial charge in [-0.3, -0.25) is 0 Å². The molecule has 0 nitrogen and oxygen atoms in total. The van der Waals surface area contributed by atoms with Crippen molar-refractivity contribution in [1.29, 1.82) is 0 Å². The molecule has 0 N–H and O–H groups in total. The summed E-state index contributed by atoms with van der Waals surface area (Å²) in [5, 5.41) is 2.31. The summed E-state index contributed by atoms with van der Waals surface area (Å²) in [7, 11) is 0. The van der Waals surface area contributed by atoms with Crippen molar-refractivity contribution >= 4 is 17.4 Å². The van der Waals surface area contributed by atoms with Crippen LogP contribution >= 0.6 is 11.3 Å². The Bertz CT molecular complexity index is 283. The van der Waals surface area contributed by atoms with Crippen molar-refractivity contribution in [2.75, 3.05) is 0 Å². The van der Waals surface area contributed by atoms with E-state index in [0.29, 0.717) is 0 Å². The van der Waals surface area contributed by atoms with Crippen molar-refractivity contribution < 1.29 is 0 Å². The average molecular weight is 222 g/mol. The molecule has 0 saturated carbocycles. The minimum Gasteiger partial charge on any atom is -0.144 e. The summed E-state index contributed by atoms with van der Waals surface area (Å²) in [4.78, 5) is 1.40. The molecule has 0 spiro atoms. The van der Waals surface area contributed by atoms with Gasteiger partial charge in [-0.05, 0) is 42.3 Å². The Morgan fingerprint density at radius 3 is 2.80 bits per heavy atom. The highest BCUT2D eigenvalue weighted by molar-refractivity contribution is 7.11. The van der Waals surface area contributed by atoms with E-state index in [0.717, 1.165) is 6.42 Å². The average Bonchev–Trinajstić information content (AvgIpc) is 2.69. The molecule has 84 valence electrons. The largest absolute Gasteiger partial charge is 0.144 e. The maximum absolute atomic E-state index is 2.34. The van der Waals surface area contributed by atoms with E-state index in [2.05, 4.69) is 37.4 Å². The van der Waals surface area contributed by atoms with E-state index in [9.17, 15) is 0 Å². The smallest absolute Gasteiger partial charge is 0.0269 e. The van der Waals surface area contributed by atoms with E-state index in [1.165, 1.54) is 42.5 Å². The van der Waals surface area contributed by atoms with Crippen molar-refractivity contribution in [3.05, 3.63) is 28.0 Å². The van der Waals surface area contributed by atoms with E-state index in [1.807, 2.05) is 11.3 Å². The third-order valence-corrected chi connectivity index (χ3v) is 3.46. The summed E-state index contributed by atoms with van der Waals surface area (Å²) in [5.41, 5.74) is 1.52. The Morgan fingerprint density at radius 2 is 2.07 bits per heavy atom. The quantitative estimate of drug-likeness (QED) is 0.550. The summed E-state index contributed by atoms with van der Waals surface area (Å²) in [6, 6.07) is 2.34. The van der Waals surface area contributed by atoms with Crippen LogP contribution in [-0.2, 0) is 6.42 Å². The number of unbranched alkanes of at least 4 members (excludes halogenated alkanes) is 3. The molecular formula is C14H22S. The summed E-state index contributed by atoms with van der Waals surface area (Å²) >= 11 is 1.87. The van der Waals surface area contributed by atoms with Gasteiger partial charge in [-0.25, -0.2) is 0 Å². The Balaban J connectivity index is 2.29. The standard InChI is InChI=1S/C14H22S/c1-3-5-7-8-9-13-11-14(15-12-13)10-6-4-2/h6,10-12H,3-5,7-9H2,1-2H3/b10-6-. The van der Waals surface area contributed by atoms with Gasteiger partial charge in [0.2, 0.25) is 0 Å². The highest BCUT2D eigenvalue weighted by Gasteiger charge is 1.97. The van der Waals surface area contributed by atoms with E-state index in [1.54, 1.807) is 0 Å². The van der Waals surface area contributed by atoms with Gasteiger partial charge in [-0.15, -0.1) is 11.3 Å². The van der Waals surface area contributed by atoms with Crippen molar-refractivity contribution in [2.24, 2.45) is 0 Å². The van der Waals surface area contributed by atoms with Gasteiger partial charge < -0.3 is 0 Å². The first-order chi connectivity index (χ1) is 7.36. The fourth-order valence-electron chi connectivity index (χ4n) is 1.60. The van der Waals surface area contributed by atoms with Gasteiger partial charge in [0.15, 0.2) is 0 Å². The predicted molar refractivity (Wildman–Crippen MR) is 71.5 cm³/mol. The van der Waals surface area contributed by atoms with Crippen LogP contribution < -0.4 is 0 Å². The van der Waals surface area contributed by atoms with Crippen LogP contribution in [0.1, 0.15) is 56.4 Å². The number of thiophene rings is 1. The molecule has 0 amide bonds. The lowest BCUT2D eigenvalue weighted by Gasteiger charge is -1.96. The second-order valence-corrected chi connectivity index (χ2v) is 4.92. The number of hydrogen-bond donors (Lipinski definition) is 0. The Labute approximate surface area is 98.0 Å². The maximum atomic E-state index is 2.34. The molecule has 0 saturated heterocycles. The van der Waals surface area contributed by atoms with Gasteiger partial charge in [-0.1, -0.05) is 39.2 Å². The highest BCUT2D eigenvalue weighted by atomic mass is 32.1. The molecule has 0 unspecified atom stereocenters. The lowest BCUT2D eigenvalue weighted by atomic mass is 10.1. The molecule has 0 radical (unpaired) electrons. The molecule has 1 heterocycles. The normalized spacial score (nSPS) is 11.3. The first kappa shape index (κ1) is 12.5. The number of rotatable bonds is 7. The molecule has 15 heavy (non-hydrogen) atoms. The van der Waals surface area contributed by atoms with Gasteiger partial charge in [0.05, 0.1) is 0 Å². The van der Waals surface area contributed by atoms with E-state index in [-0.39, 0.29) is 0 Å². The topological polar surface area (TPSA) is 0 Å². The van der Waals surface area contributed by atoms with Gasteiger partial charge in [0.1, 0.15) is 0 Å². The van der Waals surface area contributed by atoms with Gasteiger partial charge in [-0.2, -0.15) is 0 Å². The molecule has 0 aromatic carbocycles. The fraction of sp³-hybridized carbons (Fsp3) is 0.571. The first-order valence-corrected chi connectivity index (χ1v) is 6.98. The van der Waals surface area contributed by atoms with Crippen LogP contribution in [0.5, 0.6) is 0 Å². The maximum Gasteiger partial charge on any atom is 0.0269 e. The molecule has 1 aromatic rings. The van der Waals surface area contributed by atoms with Crippen molar-refractivity contribution in [3.8, 4) is 0 Å². The zero-order valence-corrected chi connectivity index (χ0v) is 10.8. The molecule has 1 rings (SSSR count). The fourth-order valence-corrected chi connectivity index (χ4v) is 2.47. The van der Waals surface area contributed by atoms with Gasteiger partial charge in [0, 0.05) is 4.88 Å². The Morgan fingerprint density at radius 1 is 1.20 bits per heavy atom. The minimum atomic E-state index is 1.13. The zero-order chi connectivity index (χ0) is 10.9. The van der Waals surface area contributed by atoms with Crippen LogP contribution in [0, 0.1) is 0 Å². The van der Waals surface area contributed by atoms with Gasteiger partial charge in [0.25, 0.3) is 0 Å². The van der Waals surface area contributed by atoms with E-state index >= 15 is 0 Å². The molecule has 0 aliphatic heterocycles. The van der Waals surface area contributed by atoms with Crippen molar-refractivity contribution in [3.63, 3.8) is 0 Å². The van der Waals surface area contributed by atoms with Crippen LogP contribution in [0.25, 0.3) is 6.08 Å². The first-order valence-electron chi connectivity index (χ1n) is 6.10. The van der Waals surface area contributed by atoms with E-state index < -0.39 is 0 Å². The molecule has 1 heteroatoms. The third-order valence-electron chi connectivity index (χ3n) is 2.51. The molecule has 0 bridgehead atoms. The van der Waals surface area contributed by atoms with Crippen molar-refractivity contribution in [1.82, 2.24) is 0 Å². The zero-order valence-electron chi connectivity index (χ0n) is 9.96. The predicted octanol–water partition coefficient (Wildman–Crippen LogP) is 5.29. The Kier molecular flexibility index (Phi) is 6.42. The second-order valence-electron chi connectivity index (χ2n) is 3.98. The van der Waals surface area contributed by atoms with Gasteiger partial charge >= 0.3 is 0 Å².